The number of unbranched alkanes of at least 4 members (excludes halogenated alkanes) is 1. The van der Waals surface area contributed by atoms with Gasteiger partial charge >= 0.3 is 0 Å². The van der Waals surface area contributed by atoms with Crippen LogP contribution in [0.25, 0.3) is 0 Å². The summed E-state index contributed by atoms with van der Waals surface area (Å²) in [6.45, 7) is 1.79. The van der Waals surface area contributed by atoms with Crippen molar-refractivity contribution in [3.8, 4) is 0 Å². The van der Waals surface area contributed by atoms with Crippen LogP contribution in [0.15, 0.2) is 108 Å². The maximum Gasteiger partial charge on any atom is 0.264 e. The second-order valence-corrected chi connectivity index (χ2v) is 13.6. The number of rotatable bonds is 14. The largest absolute Gasteiger partial charge is 0.354 e. The minimum absolute atomic E-state index is 0.0234. The lowest BCUT2D eigenvalue weighted by Crippen LogP contribution is -2.53. The summed E-state index contributed by atoms with van der Waals surface area (Å²) >= 11 is 19.1. The Morgan fingerprint density at radius 1 is 0.822 bits per heavy atom. The highest BCUT2D eigenvalue weighted by atomic mass is 35.5. The molecule has 7 nitrogen and oxygen atoms in total. The number of hydrogen-bond donors (Lipinski definition) is 1. The van der Waals surface area contributed by atoms with Crippen molar-refractivity contribution in [3.05, 3.63) is 129 Å². The maximum absolute atomic E-state index is 14.5. The molecule has 0 aliphatic carbocycles. The summed E-state index contributed by atoms with van der Waals surface area (Å²) in [6, 6.07) is 27.5. The molecule has 4 aromatic carbocycles. The van der Waals surface area contributed by atoms with Crippen LogP contribution >= 0.6 is 34.8 Å². The van der Waals surface area contributed by atoms with Crippen molar-refractivity contribution in [3.63, 3.8) is 0 Å². The van der Waals surface area contributed by atoms with Crippen molar-refractivity contribution < 1.29 is 18.0 Å². The van der Waals surface area contributed by atoms with Gasteiger partial charge < -0.3 is 10.2 Å². The van der Waals surface area contributed by atoms with Crippen LogP contribution in [-0.4, -0.2) is 44.3 Å². The molecule has 0 bridgehead atoms. The van der Waals surface area contributed by atoms with Gasteiger partial charge in [-0.15, -0.1) is 0 Å². The van der Waals surface area contributed by atoms with Crippen LogP contribution in [0.5, 0.6) is 0 Å². The van der Waals surface area contributed by atoms with Gasteiger partial charge in [-0.1, -0.05) is 115 Å². The number of carbonyl (C=O) groups is 2. The highest BCUT2D eigenvalue weighted by Gasteiger charge is 2.35. The lowest BCUT2D eigenvalue weighted by molar-refractivity contribution is -0.140. The van der Waals surface area contributed by atoms with Gasteiger partial charge in [-0.25, -0.2) is 8.42 Å². The van der Waals surface area contributed by atoms with Gasteiger partial charge in [-0.05, 0) is 53.9 Å². The molecule has 45 heavy (non-hydrogen) atoms. The average Bonchev–Trinajstić information content (AvgIpc) is 3.02. The number of nitrogens with one attached hydrogen (secondary N) is 1. The fourth-order valence-electron chi connectivity index (χ4n) is 4.80. The number of halogens is 3. The summed E-state index contributed by atoms with van der Waals surface area (Å²) in [6.07, 6.45) is 1.84. The summed E-state index contributed by atoms with van der Waals surface area (Å²) in [7, 11) is -4.28. The van der Waals surface area contributed by atoms with Crippen molar-refractivity contribution in [2.75, 3.05) is 17.4 Å². The van der Waals surface area contributed by atoms with E-state index in [2.05, 4.69) is 5.32 Å². The van der Waals surface area contributed by atoms with Crippen LogP contribution in [0.1, 0.15) is 30.9 Å². The van der Waals surface area contributed by atoms with Crippen LogP contribution in [0.3, 0.4) is 0 Å². The number of nitrogens with zero attached hydrogens (tertiary/aromatic N) is 2. The molecule has 0 unspecified atom stereocenters. The number of carbonyl (C=O) groups excluding carboxylic acids is 2. The smallest absolute Gasteiger partial charge is 0.264 e. The number of hydrogen-bond acceptors (Lipinski definition) is 4. The molecule has 1 N–H and O–H groups in total. The van der Waals surface area contributed by atoms with E-state index in [9.17, 15) is 18.0 Å². The second-order valence-electron chi connectivity index (χ2n) is 10.4. The van der Waals surface area contributed by atoms with Crippen LogP contribution in [0, 0.1) is 0 Å². The van der Waals surface area contributed by atoms with Gasteiger partial charge in [0.1, 0.15) is 12.6 Å². The third kappa shape index (κ3) is 9.23. The van der Waals surface area contributed by atoms with E-state index in [-0.39, 0.29) is 39.5 Å². The molecule has 0 heterocycles. The molecule has 0 aromatic heterocycles. The van der Waals surface area contributed by atoms with E-state index >= 15 is 0 Å². The maximum atomic E-state index is 14.5. The van der Waals surface area contributed by atoms with Gasteiger partial charge in [0.15, 0.2) is 0 Å². The van der Waals surface area contributed by atoms with Crippen molar-refractivity contribution in [1.82, 2.24) is 10.2 Å². The molecule has 0 saturated carbocycles. The highest BCUT2D eigenvalue weighted by molar-refractivity contribution is 7.92. The molecule has 0 radical (unpaired) electrons. The molecule has 0 aliphatic heterocycles. The molecular formula is C34H34Cl3N3O4S. The molecule has 236 valence electrons. The van der Waals surface area contributed by atoms with Crippen LogP contribution in [0.4, 0.5) is 5.69 Å². The highest BCUT2D eigenvalue weighted by Crippen LogP contribution is 2.30. The zero-order chi connectivity index (χ0) is 32.4. The summed E-state index contributed by atoms with van der Waals surface area (Å²) < 4.78 is 29.1. The zero-order valence-corrected chi connectivity index (χ0v) is 27.8. The minimum atomic E-state index is -4.28. The standard InChI is InChI=1S/C34H34Cl3N3O4S/c1-2-3-18-38-34(42)32(19-25-12-6-4-7-13-25)39(23-26-14-10-11-17-31(26)37)33(41)24-40(29-21-27(35)20-28(36)22-29)45(43,44)30-15-8-5-9-16-30/h4-17,20-22,32H,2-3,18-19,23-24H2,1H3,(H,38,42)/t32-/m1/s1. The number of benzene rings is 4. The number of sulfonamides is 1. The predicted octanol–water partition coefficient (Wildman–Crippen LogP) is 7.40. The Balaban J connectivity index is 1.81. The SMILES string of the molecule is CCCCNC(=O)[C@@H](Cc1ccccc1)N(Cc1ccccc1Cl)C(=O)CN(c1cc(Cl)cc(Cl)c1)S(=O)(=O)c1ccccc1. The van der Waals surface area contributed by atoms with Gasteiger partial charge in [0, 0.05) is 34.6 Å². The Labute approximate surface area is 279 Å². The van der Waals surface area contributed by atoms with Gasteiger partial charge in [0.25, 0.3) is 10.0 Å². The summed E-state index contributed by atoms with van der Waals surface area (Å²) in [5, 5.41) is 3.77. The molecule has 2 amide bonds. The Morgan fingerprint density at radius 3 is 2.04 bits per heavy atom. The molecule has 4 rings (SSSR count). The Hall–Kier alpha value is -3.56. The van der Waals surface area contributed by atoms with E-state index in [0.717, 1.165) is 22.7 Å². The van der Waals surface area contributed by atoms with E-state index in [0.29, 0.717) is 17.1 Å². The quantitative estimate of drug-likeness (QED) is 0.140. The first-order valence-corrected chi connectivity index (χ1v) is 17.1. The van der Waals surface area contributed by atoms with Crippen molar-refractivity contribution in [1.29, 1.82) is 0 Å². The van der Waals surface area contributed by atoms with Crippen LogP contribution < -0.4 is 9.62 Å². The number of amides is 2. The van der Waals surface area contributed by atoms with E-state index in [1.807, 2.05) is 37.3 Å². The molecule has 1 atom stereocenters. The predicted molar refractivity (Wildman–Crippen MR) is 181 cm³/mol. The second kappa shape index (κ2) is 16.1. The van der Waals surface area contributed by atoms with Crippen molar-refractivity contribution in [2.45, 2.75) is 43.7 Å². The fraction of sp³-hybridized carbons (Fsp3) is 0.235. The molecule has 0 aliphatic rings. The monoisotopic (exact) mass is 685 g/mol. The van der Waals surface area contributed by atoms with Gasteiger partial charge in [0.05, 0.1) is 10.6 Å². The molecule has 4 aromatic rings. The van der Waals surface area contributed by atoms with E-state index < -0.39 is 28.5 Å². The summed E-state index contributed by atoms with van der Waals surface area (Å²) in [5.41, 5.74) is 1.55. The molecule has 0 saturated heterocycles. The van der Waals surface area contributed by atoms with Crippen molar-refractivity contribution in [2.24, 2.45) is 0 Å². The first-order valence-electron chi connectivity index (χ1n) is 14.5. The van der Waals surface area contributed by atoms with Crippen LogP contribution in [-0.2, 0) is 32.6 Å². The first-order chi connectivity index (χ1) is 21.6. The van der Waals surface area contributed by atoms with E-state index in [1.54, 1.807) is 42.5 Å². The van der Waals surface area contributed by atoms with Gasteiger partial charge in [-0.2, -0.15) is 0 Å². The van der Waals surface area contributed by atoms with E-state index in [4.69, 9.17) is 34.8 Å². The Bertz CT molecular complexity index is 1690. The first kappa shape index (κ1) is 34.3. The van der Waals surface area contributed by atoms with E-state index in [1.165, 1.54) is 35.2 Å². The molecule has 0 fully saturated rings. The van der Waals surface area contributed by atoms with Gasteiger partial charge in [0.2, 0.25) is 11.8 Å². The lowest BCUT2D eigenvalue weighted by Gasteiger charge is -2.34. The fourth-order valence-corrected chi connectivity index (χ4v) is 6.93. The minimum Gasteiger partial charge on any atom is -0.354 e. The molecular weight excluding hydrogens is 653 g/mol. The summed E-state index contributed by atoms with van der Waals surface area (Å²) in [4.78, 5) is 29.7. The average molecular weight is 687 g/mol. The normalized spacial score (nSPS) is 11.9. The lowest BCUT2D eigenvalue weighted by atomic mass is 10.0. The molecule has 11 heteroatoms. The molecule has 0 spiro atoms. The Morgan fingerprint density at radius 2 is 1.42 bits per heavy atom. The summed E-state index contributed by atoms with van der Waals surface area (Å²) in [5.74, 6) is -0.965. The van der Waals surface area contributed by atoms with Crippen molar-refractivity contribution >= 4 is 62.3 Å². The Kier molecular flexibility index (Phi) is 12.3. The van der Waals surface area contributed by atoms with Crippen LogP contribution in [0.2, 0.25) is 15.1 Å². The topological polar surface area (TPSA) is 86.8 Å². The zero-order valence-electron chi connectivity index (χ0n) is 24.7. The van der Waals surface area contributed by atoms with Gasteiger partial charge in [-0.3, -0.25) is 13.9 Å². The number of anilines is 1. The third-order valence-electron chi connectivity index (χ3n) is 7.14. The third-order valence-corrected chi connectivity index (χ3v) is 9.74.